The molecule has 0 aliphatic heterocycles. The first-order valence-corrected chi connectivity index (χ1v) is 7.13. The number of carbonyl (C=O) groups excluding carboxylic acids is 2. The van der Waals surface area contributed by atoms with Crippen LogP contribution in [0.15, 0.2) is 16.7 Å². The van der Waals surface area contributed by atoms with Crippen LogP contribution in [0.4, 0.5) is 0 Å². The van der Waals surface area contributed by atoms with Crippen LogP contribution >= 0.6 is 0 Å². The molecule has 0 aromatic carbocycles. The van der Waals surface area contributed by atoms with Crippen molar-refractivity contribution in [3.05, 3.63) is 23.7 Å². The van der Waals surface area contributed by atoms with E-state index in [4.69, 9.17) is 9.15 Å². The smallest absolute Gasteiger partial charge is 0.342 e. The summed E-state index contributed by atoms with van der Waals surface area (Å²) in [4.78, 5) is 23.9. The highest BCUT2D eigenvalue weighted by molar-refractivity contribution is 5.92. The van der Waals surface area contributed by atoms with Crippen LogP contribution in [0.1, 0.15) is 55.1 Å². The zero-order chi connectivity index (χ0) is 14.5. The van der Waals surface area contributed by atoms with E-state index < -0.39 is 12.1 Å². The molecule has 1 aromatic heterocycles. The summed E-state index contributed by atoms with van der Waals surface area (Å²) >= 11 is 0. The van der Waals surface area contributed by atoms with Crippen LogP contribution in [0.2, 0.25) is 0 Å². The van der Waals surface area contributed by atoms with Gasteiger partial charge in [-0.05, 0) is 32.8 Å². The lowest BCUT2D eigenvalue weighted by molar-refractivity contribution is -0.130. The number of furan rings is 1. The molecule has 0 spiro atoms. The molecule has 1 unspecified atom stereocenters. The van der Waals surface area contributed by atoms with Crippen LogP contribution in [-0.4, -0.2) is 24.0 Å². The van der Waals surface area contributed by atoms with E-state index in [1.165, 1.54) is 12.7 Å². The summed E-state index contributed by atoms with van der Waals surface area (Å²) in [6.07, 6.45) is 6.18. The molecule has 20 heavy (non-hydrogen) atoms. The maximum atomic E-state index is 12.0. The molecule has 1 aromatic rings. The molecule has 5 heteroatoms. The third-order valence-corrected chi connectivity index (χ3v) is 3.68. The maximum Gasteiger partial charge on any atom is 0.342 e. The molecule has 1 aliphatic rings. The van der Waals surface area contributed by atoms with E-state index in [1.54, 1.807) is 19.9 Å². The zero-order valence-electron chi connectivity index (χ0n) is 12.0. The number of nitrogens with one attached hydrogen (secondary N) is 1. The van der Waals surface area contributed by atoms with E-state index in [0.717, 1.165) is 25.7 Å². The molecule has 1 amide bonds. The van der Waals surface area contributed by atoms with Gasteiger partial charge in [-0.3, -0.25) is 4.79 Å². The average molecular weight is 279 g/mol. The van der Waals surface area contributed by atoms with E-state index in [1.807, 2.05) is 0 Å². The van der Waals surface area contributed by atoms with Crippen molar-refractivity contribution in [2.75, 3.05) is 0 Å². The molecule has 1 heterocycles. The Morgan fingerprint density at radius 2 is 2.05 bits per heavy atom. The molecule has 5 nitrogen and oxygen atoms in total. The van der Waals surface area contributed by atoms with E-state index in [0.29, 0.717) is 11.3 Å². The largest absolute Gasteiger partial charge is 0.469 e. The number of hydrogen-bond donors (Lipinski definition) is 1. The summed E-state index contributed by atoms with van der Waals surface area (Å²) in [6.45, 7) is 3.27. The lowest BCUT2D eigenvalue weighted by atomic mass is 9.95. The van der Waals surface area contributed by atoms with Crippen LogP contribution in [0.25, 0.3) is 0 Å². The fourth-order valence-corrected chi connectivity index (χ4v) is 2.44. The Morgan fingerprint density at radius 3 is 2.65 bits per heavy atom. The number of hydrogen-bond acceptors (Lipinski definition) is 4. The van der Waals surface area contributed by atoms with Gasteiger partial charge in [-0.2, -0.15) is 0 Å². The van der Waals surface area contributed by atoms with Gasteiger partial charge in [-0.25, -0.2) is 4.79 Å². The second kappa shape index (κ2) is 6.59. The van der Waals surface area contributed by atoms with E-state index in [2.05, 4.69) is 5.32 Å². The number of ether oxygens (including phenoxy) is 1. The Labute approximate surface area is 118 Å². The molecule has 0 radical (unpaired) electrons. The summed E-state index contributed by atoms with van der Waals surface area (Å²) in [7, 11) is 0. The van der Waals surface area contributed by atoms with Crippen LogP contribution in [0.5, 0.6) is 0 Å². The summed E-state index contributed by atoms with van der Waals surface area (Å²) in [5, 5.41) is 2.94. The van der Waals surface area contributed by atoms with Gasteiger partial charge < -0.3 is 14.5 Å². The lowest BCUT2D eigenvalue weighted by Crippen LogP contribution is -2.42. The normalized spacial score (nSPS) is 17.5. The first-order valence-electron chi connectivity index (χ1n) is 7.13. The van der Waals surface area contributed by atoms with Crippen molar-refractivity contribution in [2.45, 2.75) is 58.1 Å². The van der Waals surface area contributed by atoms with Gasteiger partial charge in [-0.15, -0.1) is 0 Å². The minimum Gasteiger partial charge on any atom is -0.469 e. The highest BCUT2D eigenvalue weighted by Gasteiger charge is 2.23. The fraction of sp³-hybridized carbons (Fsp3) is 0.600. The maximum absolute atomic E-state index is 12.0. The number of esters is 1. The number of amides is 1. The van der Waals surface area contributed by atoms with Gasteiger partial charge in [0.1, 0.15) is 11.3 Å². The van der Waals surface area contributed by atoms with Crippen molar-refractivity contribution < 1.29 is 18.7 Å². The van der Waals surface area contributed by atoms with Gasteiger partial charge in [0.25, 0.3) is 5.91 Å². The molecule has 1 saturated carbocycles. The summed E-state index contributed by atoms with van der Waals surface area (Å²) in [5.41, 5.74) is 0.363. The van der Waals surface area contributed by atoms with Crippen LogP contribution in [-0.2, 0) is 9.53 Å². The van der Waals surface area contributed by atoms with Crippen molar-refractivity contribution in [3.8, 4) is 0 Å². The van der Waals surface area contributed by atoms with Crippen molar-refractivity contribution in [1.82, 2.24) is 5.32 Å². The quantitative estimate of drug-likeness (QED) is 0.860. The number of carbonyl (C=O) groups is 2. The lowest BCUT2D eigenvalue weighted by Gasteiger charge is -2.24. The molecule has 110 valence electrons. The van der Waals surface area contributed by atoms with Gasteiger partial charge in [0.15, 0.2) is 6.10 Å². The number of aryl methyl sites for hydroxylation is 1. The highest BCUT2D eigenvalue weighted by Crippen LogP contribution is 2.18. The van der Waals surface area contributed by atoms with Crippen molar-refractivity contribution in [1.29, 1.82) is 0 Å². The first kappa shape index (κ1) is 14.6. The molecule has 0 saturated heterocycles. The van der Waals surface area contributed by atoms with Gasteiger partial charge in [0.05, 0.1) is 6.26 Å². The SMILES string of the molecule is Cc1occc1C(=O)OC(C)C(=O)NC1CCCCC1. The minimum atomic E-state index is -0.793. The van der Waals surface area contributed by atoms with Crippen LogP contribution in [0, 0.1) is 6.92 Å². The first-order chi connectivity index (χ1) is 9.58. The minimum absolute atomic E-state index is 0.216. The van der Waals surface area contributed by atoms with E-state index in [-0.39, 0.29) is 11.9 Å². The van der Waals surface area contributed by atoms with E-state index in [9.17, 15) is 9.59 Å². The molecule has 1 fully saturated rings. The molecular formula is C15H21NO4. The third kappa shape index (κ3) is 3.62. The van der Waals surface area contributed by atoms with Crippen molar-refractivity contribution in [3.63, 3.8) is 0 Å². The van der Waals surface area contributed by atoms with Crippen molar-refractivity contribution in [2.24, 2.45) is 0 Å². The Kier molecular flexibility index (Phi) is 4.82. The summed E-state index contributed by atoms with van der Waals surface area (Å²) in [6, 6.07) is 1.76. The monoisotopic (exact) mass is 279 g/mol. The Hall–Kier alpha value is -1.78. The molecule has 1 aliphatic carbocycles. The predicted octanol–water partition coefficient (Wildman–Crippen LogP) is 2.58. The molecule has 1 atom stereocenters. The third-order valence-electron chi connectivity index (χ3n) is 3.68. The van der Waals surface area contributed by atoms with Gasteiger partial charge in [0.2, 0.25) is 0 Å². The highest BCUT2D eigenvalue weighted by atomic mass is 16.5. The second-order valence-corrected chi connectivity index (χ2v) is 5.28. The summed E-state index contributed by atoms with van der Waals surface area (Å²) < 4.78 is 10.2. The summed E-state index contributed by atoms with van der Waals surface area (Å²) in [5.74, 6) is -0.260. The fourth-order valence-electron chi connectivity index (χ4n) is 2.44. The second-order valence-electron chi connectivity index (χ2n) is 5.28. The van der Waals surface area contributed by atoms with Gasteiger partial charge in [0, 0.05) is 6.04 Å². The molecule has 0 bridgehead atoms. The Morgan fingerprint density at radius 1 is 1.35 bits per heavy atom. The van der Waals surface area contributed by atoms with Gasteiger partial charge in [-0.1, -0.05) is 19.3 Å². The average Bonchev–Trinajstić information content (AvgIpc) is 2.86. The molecular weight excluding hydrogens is 258 g/mol. The molecule has 1 N–H and O–H groups in total. The number of rotatable bonds is 4. The van der Waals surface area contributed by atoms with Gasteiger partial charge >= 0.3 is 5.97 Å². The van der Waals surface area contributed by atoms with E-state index >= 15 is 0 Å². The molecule has 2 rings (SSSR count). The zero-order valence-corrected chi connectivity index (χ0v) is 12.0. The Balaban J connectivity index is 1.84. The topological polar surface area (TPSA) is 68.5 Å². The van der Waals surface area contributed by atoms with Crippen molar-refractivity contribution >= 4 is 11.9 Å². The van der Waals surface area contributed by atoms with Crippen LogP contribution < -0.4 is 5.32 Å². The standard InChI is InChI=1S/C15H21NO4/c1-10-13(8-9-19-10)15(18)20-11(2)14(17)16-12-6-4-3-5-7-12/h8-9,11-12H,3-7H2,1-2H3,(H,16,17). The predicted molar refractivity (Wildman–Crippen MR) is 73.3 cm³/mol. The van der Waals surface area contributed by atoms with Crippen LogP contribution in [0.3, 0.4) is 0 Å². The Bertz CT molecular complexity index is 474.